The minimum atomic E-state index is -0.959. The van der Waals surface area contributed by atoms with Crippen LogP contribution in [-0.2, 0) is 9.53 Å². The normalized spacial score (nSPS) is 11.2. The standard InChI is InChI=1S/C32H52O4/c1-2-3-4-5-6-7-8-9-10-11-12-13-14-15-16-17-18-19-20-21-28-36-31(33)27-24-29-22-25-30(26-23-29)32(34)35/h22-27H,2-21,28H2,1H3,(H,34,35)/b27-24+. The summed E-state index contributed by atoms with van der Waals surface area (Å²) in [4.78, 5) is 22.6. The molecule has 1 aromatic rings. The molecular formula is C32H52O4. The molecule has 0 radical (unpaired) electrons. The highest BCUT2D eigenvalue weighted by Gasteiger charge is 2.01. The van der Waals surface area contributed by atoms with Crippen LogP contribution in [0.2, 0.25) is 0 Å². The second kappa shape index (κ2) is 23.3. The molecule has 0 aliphatic carbocycles. The summed E-state index contributed by atoms with van der Waals surface area (Å²) in [6.07, 6.45) is 30.1. The molecule has 0 unspecified atom stereocenters. The summed E-state index contributed by atoms with van der Waals surface area (Å²) in [6, 6.07) is 6.39. The number of hydrogen-bond donors (Lipinski definition) is 1. The Bertz CT molecular complexity index is 693. The molecular weight excluding hydrogens is 448 g/mol. The van der Waals surface area contributed by atoms with Gasteiger partial charge in [-0.2, -0.15) is 0 Å². The molecule has 4 nitrogen and oxygen atoms in total. The van der Waals surface area contributed by atoms with Crippen molar-refractivity contribution in [2.24, 2.45) is 0 Å². The summed E-state index contributed by atoms with van der Waals surface area (Å²) < 4.78 is 5.24. The Morgan fingerprint density at radius 3 is 1.42 bits per heavy atom. The van der Waals surface area contributed by atoms with E-state index in [1.165, 1.54) is 134 Å². The third kappa shape index (κ3) is 19.1. The second-order valence-electron chi connectivity index (χ2n) is 10.1. The van der Waals surface area contributed by atoms with Gasteiger partial charge in [-0.1, -0.05) is 141 Å². The van der Waals surface area contributed by atoms with Gasteiger partial charge in [0.2, 0.25) is 0 Å². The van der Waals surface area contributed by atoms with Gasteiger partial charge in [0.1, 0.15) is 0 Å². The van der Waals surface area contributed by atoms with Gasteiger partial charge >= 0.3 is 11.9 Å². The van der Waals surface area contributed by atoms with Crippen LogP contribution in [0.1, 0.15) is 151 Å². The molecule has 0 saturated carbocycles. The van der Waals surface area contributed by atoms with E-state index in [4.69, 9.17) is 9.84 Å². The molecule has 0 amide bonds. The molecule has 1 N–H and O–H groups in total. The molecule has 1 aromatic carbocycles. The maximum Gasteiger partial charge on any atom is 0.335 e. The lowest BCUT2D eigenvalue weighted by Gasteiger charge is -2.04. The molecule has 0 atom stereocenters. The second-order valence-corrected chi connectivity index (χ2v) is 10.1. The summed E-state index contributed by atoms with van der Waals surface area (Å²) in [6.45, 7) is 2.74. The molecule has 204 valence electrons. The maximum atomic E-state index is 11.8. The first-order valence-electron chi connectivity index (χ1n) is 14.8. The number of carboxylic acid groups (broad SMARTS) is 1. The number of esters is 1. The van der Waals surface area contributed by atoms with Gasteiger partial charge in [-0.25, -0.2) is 9.59 Å². The minimum Gasteiger partial charge on any atom is -0.478 e. The number of carboxylic acids is 1. The predicted octanol–water partition coefficient (Wildman–Crippen LogP) is 9.76. The highest BCUT2D eigenvalue weighted by Crippen LogP contribution is 2.15. The molecule has 1 rings (SSSR count). The summed E-state index contributed by atoms with van der Waals surface area (Å²) in [5, 5.41) is 8.90. The fourth-order valence-electron chi connectivity index (χ4n) is 4.48. The number of carbonyl (C=O) groups excluding carboxylic acids is 1. The zero-order valence-corrected chi connectivity index (χ0v) is 23.0. The number of benzene rings is 1. The van der Waals surface area contributed by atoms with Crippen molar-refractivity contribution in [1.29, 1.82) is 0 Å². The van der Waals surface area contributed by atoms with Crippen molar-refractivity contribution >= 4 is 18.0 Å². The average molecular weight is 501 g/mol. The number of ether oxygens (including phenoxy) is 1. The van der Waals surface area contributed by atoms with E-state index in [0.717, 1.165) is 18.4 Å². The van der Waals surface area contributed by atoms with Crippen LogP contribution < -0.4 is 0 Å². The van der Waals surface area contributed by atoms with Crippen molar-refractivity contribution in [2.45, 2.75) is 135 Å². The van der Waals surface area contributed by atoms with Crippen molar-refractivity contribution in [1.82, 2.24) is 0 Å². The van der Waals surface area contributed by atoms with E-state index in [9.17, 15) is 9.59 Å². The van der Waals surface area contributed by atoms with E-state index in [2.05, 4.69) is 6.92 Å². The van der Waals surface area contributed by atoms with Crippen LogP contribution in [0, 0.1) is 0 Å². The molecule has 0 saturated heterocycles. The van der Waals surface area contributed by atoms with Crippen LogP contribution >= 0.6 is 0 Å². The third-order valence-corrected chi connectivity index (χ3v) is 6.81. The van der Waals surface area contributed by atoms with E-state index in [0.29, 0.717) is 6.61 Å². The topological polar surface area (TPSA) is 63.6 Å². The molecule has 0 spiro atoms. The predicted molar refractivity (Wildman–Crippen MR) is 151 cm³/mol. The highest BCUT2D eigenvalue weighted by atomic mass is 16.5. The van der Waals surface area contributed by atoms with Gasteiger partial charge in [0.25, 0.3) is 0 Å². The van der Waals surface area contributed by atoms with E-state index >= 15 is 0 Å². The smallest absolute Gasteiger partial charge is 0.335 e. The Labute approximate surface area is 220 Å². The summed E-state index contributed by atoms with van der Waals surface area (Å²) in [5.74, 6) is -1.31. The quantitative estimate of drug-likeness (QED) is 0.0871. The molecule has 36 heavy (non-hydrogen) atoms. The van der Waals surface area contributed by atoms with Crippen molar-refractivity contribution in [3.05, 3.63) is 41.5 Å². The Morgan fingerprint density at radius 2 is 1.03 bits per heavy atom. The monoisotopic (exact) mass is 500 g/mol. The minimum absolute atomic E-state index is 0.231. The summed E-state index contributed by atoms with van der Waals surface area (Å²) >= 11 is 0. The van der Waals surface area contributed by atoms with E-state index in [-0.39, 0.29) is 11.5 Å². The van der Waals surface area contributed by atoms with Gasteiger partial charge in [0.15, 0.2) is 0 Å². The van der Waals surface area contributed by atoms with Crippen LogP contribution in [0.5, 0.6) is 0 Å². The van der Waals surface area contributed by atoms with Gasteiger partial charge in [0, 0.05) is 6.08 Å². The van der Waals surface area contributed by atoms with Gasteiger partial charge in [-0.05, 0) is 30.2 Å². The largest absolute Gasteiger partial charge is 0.478 e. The van der Waals surface area contributed by atoms with Crippen molar-refractivity contribution < 1.29 is 19.4 Å². The zero-order chi connectivity index (χ0) is 26.1. The van der Waals surface area contributed by atoms with E-state index in [1.807, 2.05) is 0 Å². The lowest BCUT2D eigenvalue weighted by atomic mass is 10.0. The lowest BCUT2D eigenvalue weighted by molar-refractivity contribution is -0.137. The number of carbonyl (C=O) groups is 2. The van der Waals surface area contributed by atoms with Crippen LogP contribution in [-0.4, -0.2) is 23.7 Å². The van der Waals surface area contributed by atoms with E-state index < -0.39 is 5.97 Å². The lowest BCUT2D eigenvalue weighted by Crippen LogP contribution is -2.02. The fraction of sp³-hybridized carbons (Fsp3) is 0.688. The molecule has 4 heteroatoms. The highest BCUT2D eigenvalue weighted by molar-refractivity contribution is 5.89. The molecule has 0 heterocycles. The van der Waals surface area contributed by atoms with Crippen LogP contribution in [0.3, 0.4) is 0 Å². The molecule has 0 fully saturated rings. The summed E-state index contributed by atoms with van der Waals surface area (Å²) in [7, 11) is 0. The maximum absolute atomic E-state index is 11.8. The van der Waals surface area contributed by atoms with Gasteiger partial charge in [-0.3, -0.25) is 0 Å². The fourth-order valence-corrected chi connectivity index (χ4v) is 4.48. The first-order chi connectivity index (χ1) is 17.6. The molecule has 0 aliphatic heterocycles. The number of hydrogen-bond acceptors (Lipinski definition) is 3. The number of rotatable bonds is 24. The summed E-state index contributed by atoms with van der Waals surface area (Å²) in [5.41, 5.74) is 1.00. The van der Waals surface area contributed by atoms with Crippen LogP contribution in [0.25, 0.3) is 6.08 Å². The van der Waals surface area contributed by atoms with Gasteiger partial charge in [-0.15, -0.1) is 0 Å². The van der Waals surface area contributed by atoms with Crippen LogP contribution in [0.15, 0.2) is 30.3 Å². The molecule has 0 bridgehead atoms. The van der Waals surface area contributed by atoms with Crippen LogP contribution in [0.4, 0.5) is 0 Å². The van der Waals surface area contributed by atoms with E-state index in [1.54, 1.807) is 18.2 Å². The number of unbranched alkanes of at least 4 members (excludes halogenated alkanes) is 19. The first-order valence-corrected chi connectivity index (χ1v) is 14.8. The van der Waals surface area contributed by atoms with Gasteiger partial charge < -0.3 is 9.84 Å². The zero-order valence-electron chi connectivity index (χ0n) is 23.0. The average Bonchev–Trinajstić information content (AvgIpc) is 2.88. The van der Waals surface area contributed by atoms with Crippen molar-refractivity contribution in [3.8, 4) is 0 Å². The van der Waals surface area contributed by atoms with Crippen molar-refractivity contribution in [2.75, 3.05) is 6.61 Å². The number of aromatic carboxylic acids is 1. The first kappa shape index (κ1) is 31.9. The Balaban J connectivity index is 1.80. The van der Waals surface area contributed by atoms with Gasteiger partial charge in [0.05, 0.1) is 12.2 Å². The Hall–Kier alpha value is -2.10. The SMILES string of the molecule is CCCCCCCCCCCCCCCCCCCCCCOC(=O)/C=C/c1ccc(C(=O)O)cc1. The Kier molecular flexibility index (Phi) is 20.7. The molecule has 0 aromatic heterocycles. The third-order valence-electron chi connectivity index (χ3n) is 6.81. The Morgan fingerprint density at radius 1 is 0.639 bits per heavy atom. The molecule has 0 aliphatic rings. The van der Waals surface area contributed by atoms with Crippen molar-refractivity contribution in [3.63, 3.8) is 0 Å².